The Morgan fingerprint density at radius 2 is 1.93 bits per heavy atom. The predicted octanol–water partition coefficient (Wildman–Crippen LogP) is 3.03. The zero-order chi connectivity index (χ0) is 19.8. The van der Waals surface area contributed by atoms with Gasteiger partial charge in [0.25, 0.3) is 0 Å². The minimum atomic E-state index is -0.279. The van der Waals surface area contributed by atoms with E-state index in [-0.39, 0.29) is 24.3 Å². The Bertz CT molecular complexity index is 1070. The molecule has 1 N–H and O–H groups in total. The van der Waals surface area contributed by atoms with E-state index in [1.807, 2.05) is 9.47 Å². The number of thioether (sulfide) groups is 1. The molecule has 0 fully saturated rings. The molecule has 0 atom stereocenters. The first kappa shape index (κ1) is 17.8. The third-order valence-electron chi connectivity index (χ3n) is 4.61. The lowest BCUT2D eigenvalue weighted by molar-refractivity contribution is -0.113. The fraction of sp³-hybridized carbons (Fsp3) is 0.211. The standard InChI is InChI=1S/C19H16FN5O3S/c20-12-1-4-14(5-2-12)24-7-8-25-18(24)22-23-19(25)29-10-17(26)21-13-3-6-15-16(9-13)28-11-27-15/h1-6,9H,7-8,10-11H2,(H,21,26). The highest BCUT2D eigenvalue weighted by molar-refractivity contribution is 7.99. The van der Waals surface area contributed by atoms with Crippen LogP contribution >= 0.6 is 11.8 Å². The van der Waals surface area contributed by atoms with Crippen molar-refractivity contribution in [3.05, 3.63) is 48.3 Å². The van der Waals surface area contributed by atoms with Crippen LogP contribution in [0.1, 0.15) is 0 Å². The van der Waals surface area contributed by atoms with Crippen molar-refractivity contribution in [1.82, 2.24) is 14.8 Å². The van der Waals surface area contributed by atoms with Crippen LogP contribution in [0, 0.1) is 5.82 Å². The van der Waals surface area contributed by atoms with Gasteiger partial charge in [0.05, 0.1) is 5.75 Å². The minimum Gasteiger partial charge on any atom is -0.454 e. The van der Waals surface area contributed by atoms with Gasteiger partial charge in [-0.3, -0.25) is 9.36 Å². The normalized spacial score (nSPS) is 14.2. The first-order valence-electron chi connectivity index (χ1n) is 8.96. The molecule has 8 nitrogen and oxygen atoms in total. The number of hydrogen-bond acceptors (Lipinski definition) is 7. The Kier molecular flexibility index (Phi) is 4.47. The van der Waals surface area contributed by atoms with Crippen LogP contribution in [0.3, 0.4) is 0 Å². The van der Waals surface area contributed by atoms with E-state index in [0.717, 1.165) is 5.69 Å². The molecular formula is C19H16FN5O3S. The maximum absolute atomic E-state index is 13.2. The molecule has 0 aliphatic carbocycles. The van der Waals surface area contributed by atoms with Gasteiger partial charge < -0.3 is 19.7 Å². The Hall–Kier alpha value is -3.27. The molecule has 1 aromatic heterocycles. The molecule has 10 heteroatoms. The summed E-state index contributed by atoms with van der Waals surface area (Å²) >= 11 is 1.32. The number of aromatic nitrogens is 3. The van der Waals surface area contributed by atoms with Gasteiger partial charge in [-0.05, 0) is 36.4 Å². The summed E-state index contributed by atoms with van der Waals surface area (Å²) in [5.41, 5.74) is 1.50. The third kappa shape index (κ3) is 3.46. The van der Waals surface area contributed by atoms with E-state index in [1.165, 1.54) is 23.9 Å². The van der Waals surface area contributed by atoms with Crippen LogP contribution < -0.4 is 19.7 Å². The highest BCUT2D eigenvalue weighted by atomic mass is 32.2. The maximum Gasteiger partial charge on any atom is 0.234 e. The number of nitrogens with zero attached hydrogens (tertiary/aromatic N) is 4. The predicted molar refractivity (Wildman–Crippen MR) is 105 cm³/mol. The van der Waals surface area contributed by atoms with Crippen molar-refractivity contribution in [2.45, 2.75) is 11.7 Å². The van der Waals surface area contributed by atoms with Crippen LogP contribution in [0.5, 0.6) is 11.5 Å². The van der Waals surface area contributed by atoms with Crippen molar-refractivity contribution < 1.29 is 18.7 Å². The lowest BCUT2D eigenvalue weighted by atomic mass is 10.3. The van der Waals surface area contributed by atoms with Crippen LogP contribution in [0.15, 0.2) is 47.6 Å². The summed E-state index contributed by atoms with van der Waals surface area (Å²) < 4.78 is 25.7. The second-order valence-electron chi connectivity index (χ2n) is 6.47. The Labute approximate surface area is 169 Å². The molecule has 2 aliphatic rings. The van der Waals surface area contributed by atoms with Gasteiger partial charge in [-0.25, -0.2) is 4.39 Å². The molecule has 148 valence electrons. The number of hydrogen-bond donors (Lipinski definition) is 1. The van der Waals surface area contributed by atoms with E-state index in [4.69, 9.17) is 9.47 Å². The van der Waals surface area contributed by atoms with Crippen LogP contribution in [0.2, 0.25) is 0 Å². The molecule has 5 rings (SSSR count). The van der Waals surface area contributed by atoms with Gasteiger partial charge in [-0.2, -0.15) is 0 Å². The van der Waals surface area contributed by atoms with Gasteiger partial charge in [0, 0.05) is 30.5 Å². The monoisotopic (exact) mass is 413 g/mol. The molecule has 2 aromatic carbocycles. The molecule has 0 spiro atoms. The van der Waals surface area contributed by atoms with E-state index in [1.54, 1.807) is 30.3 Å². The van der Waals surface area contributed by atoms with Crippen molar-refractivity contribution in [1.29, 1.82) is 0 Å². The smallest absolute Gasteiger partial charge is 0.234 e. The van der Waals surface area contributed by atoms with E-state index in [9.17, 15) is 9.18 Å². The molecule has 0 bridgehead atoms. The van der Waals surface area contributed by atoms with Crippen LogP contribution in [-0.2, 0) is 11.3 Å². The van der Waals surface area contributed by atoms with Crippen molar-refractivity contribution in [3.63, 3.8) is 0 Å². The average molecular weight is 413 g/mol. The molecule has 29 heavy (non-hydrogen) atoms. The lowest BCUT2D eigenvalue weighted by Gasteiger charge is -2.14. The summed E-state index contributed by atoms with van der Waals surface area (Å²) in [6, 6.07) is 11.5. The van der Waals surface area contributed by atoms with E-state index >= 15 is 0 Å². The van der Waals surface area contributed by atoms with E-state index < -0.39 is 0 Å². The van der Waals surface area contributed by atoms with Crippen molar-refractivity contribution >= 4 is 35.0 Å². The first-order valence-corrected chi connectivity index (χ1v) is 9.94. The number of carbonyl (C=O) groups is 1. The molecular weight excluding hydrogens is 397 g/mol. The largest absolute Gasteiger partial charge is 0.454 e. The second kappa shape index (κ2) is 7.28. The molecule has 3 aromatic rings. The molecule has 0 radical (unpaired) electrons. The van der Waals surface area contributed by atoms with Gasteiger partial charge in [0.2, 0.25) is 18.6 Å². The summed E-state index contributed by atoms with van der Waals surface area (Å²) in [5, 5.41) is 12.0. The van der Waals surface area contributed by atoms with E-state index in [2.05, 4.69) is 15.5 Å². The number of carbonyl (C=O) groups excluding carboxylic acids is 1. The van der Waals surface area contributed by atoms with Crippen LogP contribution in [0.25, 0.3) is 0 Å². The summed E-state index contributed by atoms with van der Waals surface area (Å²) in [5.74, 6) is 1.74. The Morgan fingerprint density at radius 1 is 1.10 bits per heavy atom. The average Bonchev–Trinajstić information content (AvgIpc) is 3.43. The second-order valence-corrected chi connectivity index (χ2v) is 7.41. The zero-order valence-corrected chi connectivity index (χ0v) is 16.0. The maximum atomic E-state index is 13.2. The van der Waals surface area contributed by atoms with E-state index in [0.29, 0.717) is 41.4 Å². The fourth-order valence-electron chi connectivity index (χ4n) is 3.25. The molecule has 2 aliphatic heterocycles. The van der Waals surface area contributed by atoms with Crippen LogP contribution in [0.4, 0.5) is 21.7 Å². The van der Waals surface area contributed by atoms with Crippen molar-refractivity contribution in [3.8, 4) is 11.5 Å². The van der Waals surface area contributed by atoms with Gasteiger partial charge in [0.1, 0.15) is 5.82 Å². The highest BCUT2D eigenvalue weighted by Gasteiger charge is 2.26. The number of fused-ring (bicyclic) bond motifs is 2. The highest BCUT2D eigenvalue weighted by Crippen LogP contribution is 2.35. The van der Waals surface area contributed by atoms with Crippen molar-refractivity contribution in [2.24, 2.45) is 0 Å². The number of amides is 1. The van der Waals surface area contributed by atoms with Gasteiger partial charge in [-0.1, -0.05) is 11.8 Å². The van der Waals surface area contributed by atoms with Gasteiger partial charge in [0.15, 0.2) is 16.7 Å². The molecule has 0 saturated heterocycles. The summed E-state index contributed by atoms with van der Waals surface area (Å²) in [6.07, 6.45) is 0. The SMILES string of the molecule is O=C(CSc1nnc2n1CCN2c1ccc(F)cc1)Nc1ccc2c(c1)OCO2. The lowest BCUT2D eigenvalue weighted by Crippen LogP contribution is -2.14. The fourth-order valence-corrected chi connectivity index (χ4v) is 4.01. The number of halogens is 1. The summed E-state index contributed by atoms with van der Waals surface area (Å²) in [6.45, 7) is 1.61. The molecule has 0 saturated carbocycles. The number of anilines is 3. The number of rotatable bonds is 5. The Morgan fingerprint density at radius 3 is 2.79 bits per heavy atom. The molecule has 1 amide bonds. The van der Waals surface area contributed by atoms with Crippen molar-refractivity contribution in [2.75, 3.05) is 29.3 Å². The zero-order valence-electron chi connectivity index (χ0n) is 15.2. The van der Waals surface area contributed by atoms with Gasteiger partial charge >= 0.3 is 0 Å². The summed E-state index contributed by atoms with van der Waals surface area (Å²) in [4.78, 5) is 14.3. The molecule has 0 unspecified atom stereocenters. The van der Waals surface area contributed by atoms with Crippen LogP contribution in [-0.4, -0.2) is 39.8 Å². The third-order valence-corrected chi connectivity index (χ3v) is 5.58. The number of nitrogens with one attached hydrogen (secondary N) is 1. The van der Waals surface area contributed by atoms with Gasteiger partial charge in [-0.15, -0.1) is 10.2 Å². The summed E-state index contributed by atoms with van der Waals surface area (Å²) in [7, 11) is 0. The topological polar surface area (TPSA) is 81.5 Å². The minimum absolute atomic E-state index is 0.153. The quantitative estimate of drug-likeness (QED) is 0.644. The number of ether oxygens (including phenoxy) is 2. The Balaban J connectivity index is 1.23. The number of benzene rings is 2. The first-order chi connectivity index (χ1) is 14.2. The molecule has 3 heterocycles.